The second kappa shape index (κ2) is 7.30. The number of hydrogen-bond donors (Lipinski definition) is 0. The predicted octanol–water partition coefficient (Wildman–Crippen LogP) is 5.44. The van der Waals surface area contributed by atoms with Gasteiger partial charge in [-0.15, -0.1) is 0 Å². The first-order valence-electron chi connectivity index (χ1n) is 9.10. The van der Waals surface area contributed by atoms with Crippen molar-refractivity contribution in [2.45, 2.75) is 54.0 Å². The first-order chi connectivity index (χ1) is 12.0. The summed E-state index contributed by atoms with van der Waals surface area (Å²) in [6, 6.07) is 10.8. The molecule has 0 atom stereocenters. The third kappa shape index (κ3) is 3.87. The number of benzene rings is 2. The van der Waals surface area contributed by atoms with Gasteiger partial charge in [0, 0.05) is 6.54 Å². The summed E-state index contributed by atoms with van der Waals surface area (Å²) >= 11 is 0. The monoisotopic (exact) mass is 336 g/mol. The van der Waals surface area contributed by atoms with E-state index < -0.39 is 0 Å². The van der Waals surface area contributed by atoms with Gasteiger partial charge in [0.15, 0.2) is 0 Å². The highest BCUT2D eigenvalue weighted by Crippen LogP contribution is 2.22. The molecule has 132 valence electrons. The number of rotatable bonds is 6. The Labute approximate surface area is 150 Å². The molecule has 0 saturated carbocycles. The molecule has 1 aromatic heterocycles. The molecule has 0 spiro atoms. The van der Waals surface area contributed by atoms with Gasteiger partial charge in [-0.05, 0) is 87.9 Å². The number of imidazole rings is 1. The predicted molar refractivity (Wildman–Crippen MR) is 105 cm³/mol. The molecule has 0 radical (unpaired) electrons. The van der Waals surface area contributed by atoms with Gasteiger partial charge >= 0.3 is 0 Å². The summed E-state index contributed by atoms with van der Waals surface area (Å²) in [6.07, 6.45) is 2.13. The van der Waals surface area contributed by atoms with E-state index in [1.807, 2.05) is 0 Å². The van der Waals surface area contributed by atoms with Crippen molar-refractivity contribution in [3.8, 4) is 5.75 Å². The van der Waals surface area contributed by atoms with E-state index in [1.165, 1.54) is 27.8 Å². The number of aryl methyl sites for hydroxylation is 6. The molecule has 3 nitrogen and oxygen atoms in total. The maximum Gasteiger partial charge on any atom is 0.122 e. The maximum absolute atomic E-state index is 5.96. The summed E-state index contributed by atoms with van der Waals surface area (Å²) in [5, 5.41) is 0. The van der Waals surface area contributed by atoms with Crippen LogP contribution in [0.3, 0.4) is 0 Å². The summed E-state index contributed by atoms with van der Waals surface area (Å²) < 4.78 is 8.30. The van der Waals surface area contributed by atoms with Crippen molar-refractivity contribution in [1.29, 1.82) is 0 Å². The zero-order chi connectivity index (χ0) is 18.0. The Bertz CT molecular complexity index is 893. The van der Waals surface area contributed by atoms with E-state index in [2.05, 4.69) is 69.5 Å². The van der Waals surface area contributed by atoms with Crippen LogP contribution in [0.15, 0.2) is 30.3 Å². The van der Waals surface area contributed by atoms with Crippen molar-refractivity contribution >= 4 is 11.0 Å². The first-order valence-corrected chi connectivity index (χ1v) is 9.10. The van der Waals surface area contributed by atoms with Gasteiger partial charge in [-0.1, -0.05) is 12.1 Å². The van der Waals surface area contributed by atoms with Crippen molar-refractivity contribution in [3.63, 3.8) is 0 Å². The second-order valence-electron chi connectivity index (χ2n) is 7.06. The maximum atomic E-state index is 5.96. The summed E-state index contributed by atoms with van der Waals surface area (Å²) in [4.78, 5) is 4.71. The second-order valence-corrected chi connectivity index (χ2v) is 7.06. The molecule has 1 heterocycles. The average Bonchev–Trinajstić information content (AvgIpc) is 2.86. The molecule has 2 aromatic carbocycles. The summed E-state index contributed by atoms with van der Waals surface area (Å²) in [5.41, 5.74) is 7.42. The highest BCUT2D eigenvalue weighted by Gasteiger charge is 2.09. The van der Waals surface area contributed by atoms with Gasteiger partial charge in [0.25, 0.3) is 0 Å². The van der Waals surface area contributed by atoms with Crippen molar-refractivity contribution < 1.29 is 4.74 Å². The lowest BCUT2D eigenvalue weighted by Crippen LogP contribution is -2.04. The lowest BCUT2D eigenvalue weighted by Gasteiger charge is -2.11. The van der Waals surface area contributed by atoms with Crippen molar-refractivity contribution in [3.05, 3.63) is 58.4 Å². The van der Waals surface area contributed by atoms with Crippen molar-refractivity contribution in [2.24, 2.45) is 0 Å². The normalized spacial score (nSPS) is 11.2. The molecule has 0 amide bonds. The quantitative estimate of drug-likeness (QED) is 0.561. The molecule has 0 saturated heterocycles. The van der Waals surface area contributed by atoms with Gasteiger partial charge in [0.2, 0.25) is 0 Å². The molecule has 0 fully saturated rings. The fourth-order valence-electron chi connectivity index (χ4n) is 3.20. The number of fused-ring (bicyclic) bond motifs is 1. The number of ether oxygens (including phenoxy) is 1. The lowest BCUT2D eigenvalue weighted by atomic mass is 10.1. The zero-order valence-electron chi connectivity index (χ0n) is 16.0. The molecule has 3 aromatic rings. The highest BCUT2D eigenvalue weighted by molar-refractivity contribution is 5.78. The minimum Gasteiger partial charge on any atom is -0.493 e. The molecular formula is C22H28N2O. The van der Waals surface area contributed by atoms with Crippen molar-refractivity contribution in [2.75, 3.05) is 6.61 Å². The van der Waals surface area contributed by atoms with E-state index in [4.69, 9.17) is 9.72 Å². The molecule has 0 aliphatic carbocycles. The van der Waals surface area contributed by atoms with Gasteiger partial charge in [-0.25, -0.2) is 4.98 Å². The van der Waals surface area contributed by atoms with Gasteiger partial charge in [0.1, 0.15) is 11.6 Å². The van der Waals surface area contributed by atoms with Crippen LogP contribution in [0.5, 0.6) is 5.75 Å². The smallest absolute Gasteiger partial charge is 0.122 e. The van der Waals surface area contributed by atoms with Crippen LogP contribution < -0.4 is 4.74 Å². The number of nitrogens with zero attached hydrogens (tertiary/aromatic N) is 2. The molecular weight excluding hydrogens is 308 g/mol. The Morgan fingerprint density at radius 1 is 0.880 bits per heavy atom. The van der Waals surface area contributed by atoms with Crippen LogP contribution in [0, 0.1) is 34.6 Å². The summed E-state index contributed by atoms with van der Waals surface area (Å²) in [7, 11) is 0. The first kappa shape index (κ1) is 17.5. The SMILES string of the molecule is Cc1ccc(C)c(OCCCCn2c(C)nc3cc(C)c(C)cc32)c1. The molecule has 0 aliphatic heterocycles. The number of unbranched alkanes of at least 4 members (excludes halogenated alkanes) is 1. The third-order valence-electron chi connectivity index (χ3n) is 4.93. The van der Waals surface area contributed by atoms with E-state index in [1.54, 1.807) is 0 Å². The Balaban J connectivity index is 1.59. The Hall–Kier alpha value is -2.29. The van der Waals surface area contributed by atoms with E-state index in [0.29, 0.717) is 0 Å². The Morgan fingerprint density at radius 3 is 2.44 bits per heavy atom. The molecule has 0 aliphatic rings. The van der Waals surface area contributed by atoms with Crippen molar-refractivity contribution in [1.82, 2.24) is 9.55 Å². The molecule has 0 unspecified atom stereocenters. The Morgan fingerprint density at radius 2 is 1.64 bits per heavy atom. The van der Waals surface area contributed by atoms with Gasteiger partial charge in [0.05, 0.1) is 17.6 Å². The van der Waals surface area contributed by atoms with E-state index in [0.717, 1.165) is 43.1 Å². The van der Waals surface area contributed by atoms with Crippen LogP contribution in [-0.4, -0.2) is 16.2 Å². The molecule has 25 heavy (non-hydrogen) atoms. The van der Waals surface area contributed by atoms with Crippen LogP contribution in [-0.2, 0) is 6.54 Å². The Kier molecular flexibility index (Phi) is 5.12. The third-order valence-corrected chi connectivity index (χ3v) is 4.93. The molecule has 0 bridgehead atoms. The fraction of sp³-hybridized carbons (Fsp3) is 0.409. The minimum absolute atomic E-state index is 0.758. The molecule has 3 rings (SSSR count). The van der Waals surface area contributed by atoms with Crippen LogP contribution >= 0.6 is 0 Å². The van der Waals surface area contributed by atoms with Gasteiger partial charge in [-0.3, -0.25) is 0 Å². The zero-order valence-corrected chi connectivity index (χ0v) is 16.0. The number of hydrogen-bond acceptors (Lipinski definition) is 2. The molecule has 0 N–H and O–H groups in total. The standard InChI is InChI=1S/C22H28N2O/c1-15-8-9-16(2)22(12-15)25-11-7-6-10-24-19(5)23-20-13-17(3)18(4)14-21(20)24/h8-9,12-14H,6-7,10-11H2,1-5H3. The van der Waals surface area contributed by atoms with E-state index in [9.17, 15) is 0 Å². The fourth-order valence-corrected chi connectivity index (χ4v) is 3.20. The minimum atomic E-state index is 0.758. The van der Waals surface area contributed by atoms with Crippen LogP contribution in [0.2, 0.25) is 0 Å². The number of aromatic nitrogens is 2. The van der Waals surface area contributed by atoms with E-state index >= 15 is 0 Å². The van der Waals surface area contributed by atoms with Crippen LogP contribution in [0.1, 0.15) is 40.9 Å². The van der Waals surface area contributed by atoms with Crippen LogP contribution in [0.25, 0.3) is 11.0 Å². The van der Waals surface area contributed by atoms with Crippen LogP contribution in [0.4, 0.5) is 0 Å². The average molecular weight is 336 g/mol. The van der Waals surface area contributed by atoms with Gasteiger partial charge in [-0.2, -0.15) is 0 Å². The lowest BCUT2D eigenvalue weighted by molar-refractivity contribution is 0.301. The topological polar surface area (TPSA) is 27.1 Å². The molecule has 3 heteroatoms. The van der Waals surface area contributed by atoms with E-state index in [-0.39, 0.29) is 0 Å². The summed E-state index contributed by atoms with van der Waals surface area (Å²) in [5.74, 6) is 2.10. The largest absolute Gasteiger partial charge is 0.493 e. The highest BCUT2D eigenvalue weighted by atomic mass is 16.5. The van der Waals surface area contributed by atoms with Gasteiger partial charge < -0.3 is 9.30 Å². The summed E-state index contributed by atoms with van der Waals surface area (Å²) in [6.45, 7) is 12.3.